The van der Waals surface area contributed by atoms with E-state index in [1.807, 2.05) is 19.9 Å². The van der Waals surface area contributed by atoms with Crippen LogP contribution in [-0.4, -0.2) is 24.3 Å². The third-order valence-electron chi connectivity index (χ3n) is 3.80. The fourth-order valence-corrected chi connectivity index (χ4v) is 2.29. The van der Waals surface area contributed by atoms with Gasteiger partial charge < -0.3 is 9.15 Å². The van der Waals surface area contributed by atoms with E-state index >= 15 is 0 Å². The molecule has 0 aliphatic heterocycles. The van der Waals surface area contributed by atoms with Gasteiger partial charge in [0.05, 0.1) is 18.9 Å². The number of nitrogens with zero attached hydrogens (tertiary/aromatic N) is 3. The average Bonchev–Trinajstić information content (AvgIpc) is 3.05. The van der Waals surface area contributed by atoms with E-state index in [2.05, 4.69) is 20.2 Å². The van der Waals surface area contributed by atoms with Crippen LogP contribution >= 0.6 is 0 Å². The van der Waals surface area contributed by atoms with Gasteiger partial charge in [0, 0.05) is 5.92 Å². The molecule has 0 unspecified atom stereocenters. The maximum absolute atomic E-state index is 11.4. The summed E-state index contributed by atoms with van der Waals surface area (Å²) >= 11 is 0. The lowest BCUT2D eigenvalue weighted by atomic mass is 10.0. The van der Waals surface area contributed by atoms with Gasteiger partial charge in [0.25, 0.3) is 5.88 Å². The number of ether oxygens (including phenoxy) is 1. The molecule has 1 aromatic heterocycles. The van der Waals surface area contributed by atoms with E-state index in [0.29, 0.717) is 11.5 Å². The van der Waals surface area contributed by atoms with E-state index < -0.39 is 5.97 Å². The van der Waals surface area contributed by atoms with Gasteiger partial charge in [0.15, 0.2) is 0 Å². The highest BCUT2D eigenvalue weighted by atomic mass is 16.5. The Bertz CT molecular complexity index is 784. The molecule has 130 valence electrons. The van der Waals surface area contributed by atoms with Gasteiger partial charge in [0.1, 0.15) is 6.07 Å². The largest absolute Gasteiger partial charge is 0.465 e. The van der Waals surface area contributed by atoms with Crippen molar-refractivity contribution in [2.24, 2.45) is 5.10 Å². The van der Waals surface area contributed by atoms with Crippen molar-refractivity contribution in [1.29, 1.82) is 5.26 Å². The number of hydrogen-bond donors (Lipinski definition) is 1. The Kier molecular flexibility index (Phi) is 6.29. The van der Waals surface area contributed by atoms with Crippen LogP contribution in [0.3, 0.4) is 0 Å². The number of nitrogens with one attached hydrogen (secondary N) is 1. The molecule has 1 aromatic carbocycles. The number of rotatable bonds is 7. The van der Waals surface area contributed by atoms with E-state index in [0.717, 1.165) is 18.4 Å². The lowest BCUT2D eigenvalue weighted by molar-refractivity contribution is 0.0600. The summed E-state index contributed by atoms with van der Waals surface area (Å²) in [6.45, 7) is 4.10. The molecule has 0 amide bonds. The Morgan fingerprint density at radius 3 is 2.64 bits per heavy atom. The molecule has 0 saturated carbocycles. The van der Waals surface area contributed by atoms with Gasteiger partial charge in [-0.05, 0) is 30.5 Å². The SMILES string of the molecule is CCC(CC)c1nc(C#N)c(NN=Cc2ccc(C(=O)OC)cc2)o1. The van der Waals surface area contributed by atoms with Crippen LogP contribution < -0.4 is 5.43 Å². The first-order valence-electron chi connectivity index (χ1n) is 8.01. The van der Waals surface area contributed by atoms with Gasteiger partial charge in [-0.1, -0.05) is 26.0 Å². The first kappa shape index (κ1) is 18.2. The highest BCUT2D eigenvalue weighted by molar-refractivity contribution is 5.90. The van der Waals surface area contributed by atoms with Crippen LogP contribution in [-0.2, 0) is 4.74 Å². The molecular formula is C18H20N4O3. The number of oxazole rings is 1. The van der Waals surface area contributed by atoms with Crippen molar-refractivity contribution in [1.82, 2.24) is 4.98 Å². The number of aromatic nitrogens is 1. The summed E-state index contributed by atoms with van der Waals surface area (Å²) in [5, 5.41) is 13.2. The number of anilines is 1. The summed E-state index contributed by atoms with van der Waals surface area (Å²) in [6, 6.07) is 8.76. The van der Waals surface area contributed by atoms with Gasteiger partial charge in [-0.25, -0.2) is 15.2 Å². The molecule has 1 N–H and O–H groups in total. The van der Waals surface area contributed by atoms with Crippen molar-refractivity contribution in [3.63, 3.8) is 0 Å². The predicted molar refractivity (Wildman–Crippen MR) is 93.5 cm³/mol. The molecule has 2 aromatic rings. The topological polar surface area (TPSA) is 101 Å². The van der Waals surface area contributed by atoms with Crippen molar-refractivity contribution in [2.75, 3.05) is 12.5 Å². The summed E-state index contributed by atoms with van der Waals surface area (Å²) in [7, 11) is 1.34. The van der Waals surface area contributed by atoms with Crippen LogP contribution in [0.2, 0.25) is 0 Å². The number of nitriles is 1. The fourth-order valence-electron chi connectivity index (χ4n) is 2.29. The number of benzene rings is 1. The van der Waals surface area contributed by atoms with Crippen molar-refractivity contribution >= 4 is 18.1 Å². The maximum Gasteiger partial charge on any atom is 0.337 e. The van der Waals surface area contributed by atoms with Crippen LogP contribution in [0, 0.1) is 11.3 Å². The van der Waals surface area contributed by atoms with Crippen molar-refractivity contribution in [2.45, 2.75) is 32.6 Å². The van der Waals surface area contributed by atoms with Crippen molar-refractivity contribution in [3.8, 4) is 6.07 Å². The molecule has 1 heterocycles. The van der Waals surface area contributed by atoms with Crippen LogP contribution in [0.25, 0.3) is 0 Å². The lowest BCUT2D eigenvalue weighted by Crippen LogP contribution is -2.00. The van der Waals surface area contributed by atoms with Crippen molar-refractivity contribution < 1.29 is 13.9 Å². The predicted octanol–water partition coefficient (Wildman–Crippen LogP) is 3.68. The molecule has 0 bridgehead atoms. The number of carbonyl (C=O) groups excluding carboxylic acids is 1. The Labute approximate surface area is 146 Å². The minimum atomic E-state index is -0.393. The first-order chi connectivity index (χ1) is 12.1. The average molecular weight is 340 g/mol. The van der Waals surface area contributed by atoms with Gasteiger partial charge in [-0.2, -0.15) is 10.4 Å². The maximum atomic E-state index is 11.4. The van der Waals surface area contributed by atoms with Gasteiger partial charge in [-0.15, -0.1) is 0 Å². The summed E-state index contributed by atoms with van der Waals surface area (Å²) in [6.07, 6.45) is 3.33. The molecule has 0 aliphatic rings. The number of carbonyl (C=O) groups is 1. The first-order valence-corrected chi connectivity index (χ1v) is 8.01. The van der Waals surface area contributed by atoms with Gasteiger partial charge >= 0.3 is 5.97 Å². The summed E-state index contributed by atoms with van der Waals surface area (Å²) in [5.41, 5.74) is 4.13. The molecular weight excluding hydrogens is 320 g/mol. The third kappa shape index (κ3) is 4.44. The number of hydrogen-bond acceptors (Lipinski definition) is 7. The quantitative estimate of drug-likeness (QED) is 0.469. The lowest BCUT2D eigenvalue weighted by Gasteiger charge is -2.05. The van der Waals surface area contributed by atoms with Gasteiger partial charge in [-0.3, -0.25) is 0 Å². The molecule has 7 heteroatoms. The molecule has 0 aliphatic carbocycles. The van der Waals surface area contributed by atoms with E-state index in [1.54, 1.807) is 30.5 Å². The normalized spacial score (nSPS) is 10.8. The minimum absolute atomic E-state index is 0.178. The van der Waals surface area contributed by atoms with E-state index in [1.165, 1.54) is 7.11 Å². The molecule has 0 saturated heterocycles. The summed E-state index contributed by atoms with van der Waals surface area (Å²) in [4.78, 5) is 15.6. The summed E-state index contributed by atoms with van der Waals surface area (Å²) < 4.78 is 10.3. The molecule has 7 nitrogen and oxygen atoms in total. The summed E-state index contributed by atoms with van der Waals surface area (Å²) in [5.74, 6) is 0.557. The zero-order chi connectivity index (χ0) is 18.2. The van der Waals surface area contributed by atoms with E-state index in [-0.39, 0.29) is 17.5 Å². The molecule has 0 fully saturated rings. The molecule has 2 rings (SSSR count). The molecule has 0 atom stereocenters. The number of hydrazone groups is 1. The zero-order valence-electron chi connectivity index (χ0n) is 14.4. The zero-order valence-corrected chi connectivity index (χ0v) is 14.4. The third-order valence-corrected chi connectivity index (χ3v) is 3.80. The van der Waals surface area contributed by atoms with Gasteiger partial charge in [0.2, 0.25) is 11.6 Å². The minimum Gasteiger partial charge on any atom is -0.465 e. The second kappa shape index (κ2) is 8.64. The van der Waals surface area contributed by atoms with E-state index in [9.17, 15) is 10.1 Å². The smallest absolute Gasteiger partial charge is 0.337 e. The Morgan fingerprint density at radius 1 is 1.40 bits per heavy atom. The molecule has 0 radical (unpaired) electrons. The van der Waals surface area contributed by atoms with Crippen LogP contribution in [0.1, 0.15) is 60.1 Å². The highest BCUT2D eigenvalue weighted by Crippen LogP contribution is 2.27. The Hall–Kier alpha value is -3.14. The number of methoxy groups -OCH3 is 1. The van der Waals surface area contributed by atoms with Crippen LogP contribution in [0.5, 0.6) is 0 Å². The fraction of sp³-hybridized carbons (Fsp3) is 0.333. The van der Waals surface area contributed by atoms with E-state index in [4.69, 9.17) is 4.42 Å². The van der Waals surface area contributed by atoms with Crippen LogP contribution in [0.15, 0.2) is 33.8 Å². The van der Waals surface area contributed by atoms with Crippen molar-refractivity contribution in [3.05, 3.63) is 47.0 Å². The highest BCUT2D eigenvalue weighted by Gasteiger charge is 2.18. The molecule has 0 spiro atoms. The number of esters is 1. The Balaban J connectivity index is 2.09. The van der Waals surface area contributed by atoms with Crippen LogP contribution in [0.4, 0.5) is 5.88 Å². The second-order valence-electron chi connectivity index (χ2n) is 5.34. The monoisotopic (exact) mass is 340 g/mol. The molecule has 25 heavy (non-hydrogen) atoms. The standard InChI is InChI=1S/C18H20N4O3/c1-4-13(5-2)16-21-15(10-19)17(25-16)22-20-11-12-6-8-14(9-7-12)18(23)24-3/h6-9,11,13,22H,4-5H2,1-3H3. The second-order valence-corrected chi connectivity index (χ2v) is 5.34. The Morgan fingerprint density at radius 2 is 2.08 bits per heavy atom.